The van der Waals surface area contributed by atoms with Crippen molar-refractivity contribution < 1.29 is 18.3 Å². The van der Waals surface area contributed by atoms with E-state index in [1.807, 2.05) is 0 Å². The van der Waals surface area contributed by atoms with Gasteiger partial charge in [-0.15, -0.1) is 0 Å². The van der Waals surface area contributed by atoms with E-state index in [1.54, 1.807) is 12.1 Å². The summed E-state index contributed by atoms with van der Waals surface area (Å²) in [6, 6.07) is 6.11. The number of halogens is 6. The minimum absolute atomic E-state index is 0.00583. The maximum Gasteiger partial charge on any atom is 0.416 e. The highest BCUT2D eigenvalue weighted by molar-refractivity contribution is 9.11. The molecule has 23 heavy (non-hydrogen) atoms. The predicted octanol–water partition coefficient (Wildman–Crippen LogP) is 6.04. The first kappa shape index (κ1) is 18.1. The van der Waals surface area contributed by atoms with E-state index < -0.39 is 11.7 Å². The van der Waals surface area contributed by atoms with Crippen molar-refractivity contribution in [2.75, 3.05) is 5.43 Å². The third kappa shape index (κ3) is 4.62. The molecule has 122 valence electrons. The van der Waals surface area contributed by atoms with Gasteiger partial charge in [0.1, 0.15) is 5.75 Å². The third-order valence-electron chi connectivity index (χ3n) is 2.74. The van der Waals surface area contributed by atoms with Gasteiger partial charge in [-0.3, -0.25) is 5.43 Å². The highest BCUT2D eigenvalue weighted by Gasteiger charge is 2.30. The maximum absolute atomic E-state index is 12.7. The minimum Gasteiger partial charge on any atom is -0.506 e. The number of aromatic hydroxyl groups is 1. The molecule has 0 aliphatic carbocycles. The molecule has 3 nitrogen and oxygen atoms in total. The molecule has 9 heteroatoms. The third-order valence-corrected chi connectivity index (χ3v) is 4.13. The van der Waals surface area contributed by atoms with Gasteiger partial charge in [0.05, 0.1) is 27.0 Å². The number of hydrazone groups is 1. The largest absolute Gasteiger partial charge is 0.506 e. The normalized spacial score (nSPS) is 11.9. The van der Waals surface area contributed by atoms with Crippen molar-refractivity contribution in [3.05, 3.63) is 55.4 Å². The molecule has 2 rings (SSSR count). The summed E-state index contributed by atoms with van der Waals surface area (Å²) >= 11 is 12.3. The Labute approximate surface area is 151 Å². The first-order valence-corrected chi connectivity index (χ1v) is 7.98. The van der Waals surface area contributed by atoms with Gasteiger partial charge in [-0.05, 0) is 46.3 Å². The van der Waals surface area contributed by atoms with Gasteiger partial charge in [0.2, 0.25) is 0 Å². The fourth-order valence-electron chi connectivity index (χ4n) is 1.64. The molecule has 0 heterocycles. The fourth-order valence-corrected chi connectivity index (χ4v) is 3.06. The van der Waals surface area contributed by atoms with Crippen LogP contribution in [-0.2, 0) is 6.18 Å². The van der Waals surface area contributed by atoms with E-state index in [0.717, 1.165) is 18.2 Å². The first-order chi connectivity index (χ1) is 10.7. The molecule has 0 amide bonds. The number of hydrogen-bond donors (Lipinski definition) is 2. The van der Waals surface area contributed by atoms with Crippen LogP contribution in [0.1, 0.15) is 11.1 Å². The second kappa shape index (κ2) is 7.11. The molecular weight excluding hydrogens is 464 g/mol. The van der Waals surface area contributed by atoms with Gasteiger partial charge in [0, 0.05) is 10.0 Å². The van der Waals surface area contributed by atoms with Crippen molar-refractivity contribution in [1.29, 1.82) is 0 Å². The fraction of sp³-hybridized carbons (Fsp3) is 0.0714. The van der Waals surface area contributed by atoms with E-state index in [4.69, 9.17) is 11.6 Å². The van der Waals surface area contributed by atoms with E-state index in [9.17, 15) is 18.3 Å². The zero-order valence-electron chi connectivity index (χ0n) is 11.1. The lowest BCUT2D eigenvalue weighted by Crippen LogP contribution is -2.05. The zero-order chi connectivity index (χ0) is 17.2. The highest BCUT2D eigenvalue weighted by atomic mass is 79.9. The standard InChI is InChI=1S/C14H8Br2ClF3N2O/c15-9-3-7(13(23)10(16)5-9)6-21-22-12-4-8(14(18,19)20)1-2-11(12)17/h1-6,22-23H/b21-6-. The molecule has 2 aromatic carbocycles. The maximum atomic E-state index is 12.7. The molecule has 2 N–H and O–H groups in total. The molecule has 0 aromatic heterocycles. The van der Waals surface area contributed by atoms with Gasteiger partial charge in [0.15, 0.2) is 0 Å². The Hall–Kier alpha value is -1.25. The lowest BCUT2D eigenvalue weighted by atomic mass is 10.2. The zero-order valence-corrected chi connectivity index (χ0v) is 15.1. The van der Waals surface area contributed by atoms with E-state index in [0.29, 0.717) is 14.5 Å². The molecule has 0 fully saturated rings. The Bertz CT molecular complexity index is 766. The smallest absolute Gasteiger partial charge is 0.416 e. The van der Waals surface area contributed by atoms with E-state index in [2.05, 4.69) is 42.4 Å². The minimum atomic E-state index is -4.47. The van der Waals surface area contributed by atoms with E-state index >= 15 is 0 Å². The number of benzene rings is 2. The van der Waals surface area contributed by atoms with Gasteiger partial charge in [0.25, 0.3) is 0 Å². The van der Waals surface area contributed by atoms with Crippen molar-refractivity contribution >= 4 is 55.4 Å². The van der Waals surface area contributed by atoms with Crippen LogP contribution in [0, 0.1) is 0 Å². The van der Waals surface area contributed by atoms with Crippen LogP contribution in [0.3, 0.4) is 0 Å². The van der Waals surface area contributed by atoms with Gasteiger partial charge in [-0.2, -0.15) is 18.3 Å². The van der Waals surface area contributed by atoms with Crippen molar-refractivity contribution in [3.8, 4) is 5.75 Å². The second-order valence-electron chi connectivity index (χ2n) is 4.39. The summed E-state index contributed by atoms with van der Waals surface area (Å²) < 4.78 is 39.2. The lowest BCUT2D eigenvalue weighted by molar-refractivity contribution is -0.137. The number of anilines is 1. The highest BCUT2D eigenvalue weighted by Crippen LogP contribution is 2.34. The Morgan fingerprint density at radius 1 is 1.17 bits per heavy atom. The molecule has 0 aliphatic heterocycles. The summed E-state index contributed by atoms with van der Waals surface area (Å²) in [7, 11) is 0. The predicted molar refractivity (Wildman–Crippen MR) is 91.2 cm³/mol. The molecule has 0 aliphatic rings. The first-order valence-electron chi connectivity index (χ1n) is 6.02. The Morgan fingerprint density at radius 3 is 2.52 bits per heavy atom. The number of rotatable bonds is 3. The van der Waals surface area contributed by atoms with Gasteiger partial charge < -0.3 is 5.11 Å². The molecule has 2 aromatic rings. The number of nitrogens with zero attached hydrogens (tertiary/aromatic N) is 1. The SMILES string of the molecule is Oc1c(Br)cc(Br)cc1/C=N\Nc1cc(C(F)(F)F)ccc1Cl. The van der Waals surface area contributed by atoms with Crippen LogP contribution < -0.4 is 5.43 Å². The number of hydrogen-bond acceptors (Lipinski definition) is 3. The number of alkyl halides is 3. The molecule has 0 radical (unpaired) electrons. The Balaban J connectivity index is 2.24. The van der Waals surface area contributed by atoms with Crippen LogP contribution in [-0.4, -0.2) is 11.3 Å². The average molecular weight is 472 g/mol. The van der Waals surface area contributed by atoms with Crippen LogP contribution in [0.25, 0.3) is 0 Å². The van der Waals surface area contributed by atoms with Crippen LogP contribution in [0.2, 0.25) is 5.02 Å². The van der Waals surface area contributed by atoms with Crippen LogP contribution >= 0.6 is 43.5 Å². The summed E-state index contributed by atoms with van der Waals surface area (Å²) in [5.74, 6) is -0.0473. The van der Waals surface area contributed by atoms with Crippen molar-refractivity contribution in [1.82, 2.24) is 0 Å². The Kier molecular flexibility index (Phi) is 5.59. The summed E-state index contributed by atoms with van der Waals surface area (Å²) in [6.45, 7) is 0. The van der Waals surface area contributed by atoms with E-state index in [-0.39, 0.29) is 16.5 Å². The van der Waals surface area contributed by atoms with Crippen molar-refractivity contribution in [3.63, 3.8) is 0 Å². The van der Waals surface area contributed by atoms with Gasteiger partial charge in [-0.1, -0.05) is 27.5 Å². The summed E-state index contributed by atoms with van der Waals surface area (Å²) in [5, 5.41) is 13.8. The summed E-state index contributed by atoms with van der Waals surface area (Å²) in [4.78, 5) is 0. The summed E-state index contributed by atoms with van der Waals surface area (Å²) in [6.07, 6.45) is -3.21. The topological polar surface area (TPSA) is 44.6 Å². The van der Waals surface area contributed by atoms with Crippen molar-refractivity contribution in [2.45, 2.75) is 6.18 Å². The molecule has 0 atom stereocenters. The molecule has 0 unspecified atom stereocenters. The van der Waals surface area contributed by atoms with Crippen molar-refractivity contribution in [2.24, 2.45) is 5.10 Å². The van der Waals surface area contributed by atoms with Gasteiger partial charge in [-0.25, -0.2) is 0 Å². The second-order valence-corrected chi connectivity index (χ2v) is 6.57. The Morgan fingerprint density at radius 2 is 1.87 bits per heavy atom. The van der Waals surface area contributed by atoms with Crippen LogP contribution in [0.4, 0.5) is 18.9 Å². The number of phenols is 1. The molecule has 0 saturated heterocycles. The monoisotopic (exact) mass is 470 g/mol. The quantitative estimate of drug-likeness (QED) is 0.423. The van der Waals surface area contributed by atoms with E-state index in [1.165, 1.54) is 6.21 Å². The molecular formula is C14H8Br2ClF3N2O. The van der Waals surface area contributed by atoms with Gasteiger partial charge >= 0.3 is 6.18 Å². The lowest BCUT2D eigenvalue weighted by Gasteiger charge is -2.10. The van der Waals surface area contributed by atoms with Crippen LogP contribution in [0.5, 0.6) is 5.75 Å². The molecule has 0 spiro atoms. The summed E-state index contributed by atoms with van der Waals surface area (Å²) in [5.41, 5.74) is 1.96. The number of nitrogens with one attached hydrogen (secondary N) is 1. The molecule has 0 bridgehead atoms. The van der Waals surface area contributed by atoms with Crippen LogP contribution in [0.15, 0.2) is 44.4 Å². The number of phenolic OH excluding ortho intramolecular Hbond substituents is 1. The average Bonchev–Trinajstić information content (AvgIpc) is 2.44. The molecule has 0 saturated carbocycles.